The summed E-state index contributed by atoms with van der Waals surface area (Å²) in [5.74, 6) is -1.49. The summed E-state index contributed by atoms with van der Waals surface area (Å²) < 4.78 is 18.9. The molecule has 0 saturated carbocycles. The van der Waals surface area contributed by atoms with E-state index in [4.69, 9.17) is 14.9 Å². The van der Waals surface area contributed by atoms with Gasteiger partial charge in [0.05, 0.1) is 12.2 Å². The van der Waals surface area contributed by atoms with Crippen molar-refractivity contribution in [3.8, 4) is 5.75 Å². The number of ether oxygens (including phenoxy) is 1. The van der Waals surface area contributed by atoms with Crippen LogP contribution in [-0.2, 0) is 13.2 Å². The molecular weight excluding hydrogens is 263 g/mol. The third-order valence-electron chi connectivity index (χ3n) is 2.78. The van der Waals surface area contributed by atoms with E-state index in [-0.39, 0.29) is 18.8 Å². The van der Waals surface area contributed by atoms with Crippen LogP contribution in [0.4, 0.5) is 4.39 Å². The van der Waals surface area contributed by atoms with Gasteiger partial charge in [-0.3, -0.25) is 0 Å². The Morgan fingerprint density at radius 1 is 1.10 bits per heavy atom. The predicted molar refractivity (Wildman–Crippen MR) is 70.1 cm³/mol. The average molecular weight is 276 g/mol. The molecule has 0 aliphatic carbocycles. The Balaban J connectivity index is 2.03. The van der Waals surface area contributed by atoms with Crippen LogP contribution in [0.3, 0.4) is 0 Å². The van der Waals surface area contributed by atoms with Crippen LogP contribution >= 0.6 is 0 Å². The van der Waals surface area contributed by atoms with Crippen molar-refractivity contribution < 1.29 is 24.1 Å². The maximum Gasteiger partial charge on any atom is 0.338 e. The van der Waals surface area contributed by atoms with Gasteiger partial charge >= 0.3 is 5.97 Å². The van der Waals surface area contributed by atoms with E-state index in [0.29, 0.717) is 11.3 Å². The summed E-state index contributed by atoms with van der Waals surface area (Å²) in [6.07, 6.45) is 0. The Morgan fingerprint density at radius 2 is 1.75 bits per heavy atom. The van der Waals surface area contributed by atoms with Gasteiger partial charge in [-0.1, -0.05) is 18.2 Å². The number of carbonyl (C=O) groups is 1. The van der Waals surface area contributed by atoms with Crippen LogP contribution in [0.15, 0.2) is 42.5 Å². The molecule has 0 aliphatic heterocycles. The lowest BCUT2D eigenvalue weighted by atomic mass is 10.1. The lowest BCUT2D eigenvalue weighted by Gasteiger charge is -2.07. The third-order valence-corrected chi connectivity index (χ3v) is 2.78. The van der Waals surface area contributed by atoms with E-state index in [0.717, 1.165) is 11.6 Å². The van der Waals surface area contributed by atoms with Gasteiger partial charge in [-0.15, -0.1) is 0 Å². The standard InChI is InChI=1S/C15H13FO4/c16-14-7-11(3-6-13(14)15(18)19)9-20-12-4-1-10(8-17)2-5-12/h1-7,17H,8-9H2,(H,18,19). The molecule has 0 bridgehead atoms. The van der Waals surface area contributed by atoms with Crippen molar-refractivity contribution in [3.05, 3.63) is 65.0 Å². The quantitative estimate of drug-likeness (QED) is 0.881. The minimum Gasteiger partial charge on any atom is -0.489 e. The maximum absolute atomic E-state index is 13.5. The largest absolute Gasteiger partial charge is 0.489 e. The van der Waals surface area contributed by atoms with Gasteiger partial charge in [-0.25, -0.2) is 9.18 Å². The SMILES string of the molecule is O=C(O)c1ccc(COc2ccc(CO)cc2)cc1F. The minimum absolute atomic E-state index is 0.0395. The summed E-state index contributed by atoms with van der Waals surface area (Å²) in [5.41, 5.74) is 0.953. The first-order valence-corrected chi connectivity index (χ1v) is 5.94. The summed E-state index contributed by atoms with van der Waals surface area (Å²) in [4.78, 5) is 10.7. The van der Waals surface area contributed by atoms with Crippen LogP contribution in [-0.4, -0.2) is 16.2 Å². The highest BCUT2D eigenvalue weighted by Gasteiger charge is 2.10. The Bertz CT molecular complexity index is 608. The van der Waals surface area contributed by atoms with Crippen LogP contribution < -0.4 is 4.74 Å². The van der Waals surface area contributed by atoms with Gasteiger partial charge in [0, 0.05) is 0 Å². The predicted octanol–water partition coefficient (Wildman–Crippen LogP) is 2.60. The van der Waals surface area contributed by atoms with E-state index in [1.165, 1.54) is 12.1 Å². The average Bonchev–Trinajstić information content (AvgIpc) is 2.45. The zero-order valence-corrected chi connectivity index (χ0v) is 10.5. The second kappa shape index (κ2) is 6.16. The number of carboxylic acids is 1. The summed E-state index contributed by atoms with van der Waals surface area (Å²) in [6.45, 7) is 0.0947. The molecule has 0 atom stereocenters. The second-order valence-electron chi connectivity index (χ2n) is 4.21. The number of hydrogen-bond donors (Lipinski definition) is 2. The Labute approximate surface area is 115 Å². The van der Waals surface area contributed by atoms with Gasteiger partial charge in [0.1, 0.15) is 18.2 Å². The van der Waals surface area contributed by atoms with Crippen LogP contribution in [0.1, 0.15) is 21.5 Å². The Kier molecular flexibility index (Phi) is 4.32. The lowest BCUT2D eigenvalue weighted by molar-refractivity contribution is 0.0692. The number of hydrogen-bond acceptors (Lipinski definition) is 3. The summed E-state index contributed by atoms with van der Waals surface area (Å²) in [6, 6.07) is 10.7. The molecule has 5 heteroatoms. The fraction of sp³-hybridized carbons (Fsp3) is 0.133. The molecule has 0 saturated heterocycles. The molecule has 0 unspecified atom stereocenters. The molecule has 2 aromatic carbocycles. The van der Waals surface area contributed by atoms with Gasteiger partial charge in [0.25, 0.3) is 0 Å². The summed E-state index contributed by atoms with van der Waals surface area (Å²) >= 11 is 0. The van der Waals surface area contributed by atoms with Crippen molar-refractivity contribution in [2.45, 2.75) is 13.2 Å². The minimum atomic E-state index is -1.30. The first-order chi connectivity index (χ1) is 9.60. The fourth-order valence-electron chi connectivity index (χ4n) is 1.68. The van der Waals surface area contributed by atoms with Crippen LogP contribution in [0.5, 0.6) is 5.75 Å². The molecule has 0 amide bonds. The molecule has 2 aromatic rings. The smallest absolute Gasteiger partial charge is 0.338 e. The van der Waals surface area contributed by atoms with Crippen molar-refractivity contribution in [3.63, 3.8) is 0 Å². The molecule has 0 aromatic heterocycles. The molecule has 2 rings (SSSR count). The van der Waals surface area contributed by atoms with Gasteiger partial charge in [-0.05, 0) is 35.4 Å². The van der Waals surface area contributed by atoms with Crippen molar-refractivity contribution >= 4 is 5.97 Å². The Morgan fingerprint density at radius 3 is 2.30 bits per heavy atom. The van der Waals surface area contributed by atoms with E-state index in [1.807, 2.05) is 0 Å². The van der Waals surface area contributed by atoms with E-state index in [9.17, 15) is 9.18 Å². The first-order valence-electron chi connectivity index (χ1n) is 5.94. The highest BCUT2D eigenvalue weighted by atomic mass is 19.1. The number of aliphatic hydroxyl groups excluding tert-OH is 1. The lowest BCUT2D eigenvalue weighted by Crippen LogP contribution is -2.03. The van der Waals surface area contributed by atoms with Gasteiger partial charge in [0.2, 0.25) is 0 Å². The molecule has 0 aliphatic rings. The number of halogens is 1. The van der Waals surface area contributed by atoms with Gasteiger partial charge < -0.3 is 14.9 Å². The number of carboxylic acid groups (broad SMARTS) is 1. The molecular formula is C15H13FO4. The Hall–Kier alpha value is -2.40. The highest BCUT2D eigenvalue weighted by Crippen LogP contribution is 2.16. The van der Waals surface area contributed by atoms with Crippen LogP contribution in [0, 0.1) is 5.82 Å². The number of benzene rings is 2. The van der Waals surface area contributed by atoms with Crippen LogP contribution in [0.25, 0.3) is 0 Å². The van der Waals surface area contributed by atoms with E-state index in [2.05, 4.69) is 0 Å². The topological polar surface area (TPSA) is 66.8 Å². The maximum atomic E-state index is 13.5. The molecule has 0 heterocycles. The normalized spacial score (nSPS) is 10.3. The first kappa shape index (κ1) is 14.0. The molecule has 0 spiro atoms. The zero-order valence-electron chi connectivity index (χ0n) is 10.5. The molecule has 4 nitrogen and oxygen atoms in total. The third kappa shape index (κ3) is 3.33. The van der Waals surface area contributed by atoms with E-state index in [1.54, 1.807) is 24.3 Å². The zero-order chi connectivity index (χ0) is 14.5. The number of aromatic carboxylic acids is 1. The van der Waals surface area contributed by atoms with Crippen molar-refractivity contribution in [1.29, 1.82) is 0 Å². The van der Waals surface area contributed by atoms with E-state index >= 15 is 0 Å². The molecule has 104 valence electrons. The van der Waals surface area contributed by atoms with Crippen molar-refractivity contribution in [2.24, 2.45) is 0 Å². The van der Waals surface area contributed by atoms with Crippen LogP contribution in [0.2, 0.25) is 0 Å². The number of aliphatic hydroxyl groups is 1. The summed E-state index contributed by atoms with van der Waals surface area (Å²) in [5, 5.41) is 17.6. The molecule has 2 N–H and O–H groups in total. The van der Waals surface area contributed by atoms with Gasteiger partial charge in [0.15, 0.2) is 0 Å². The summed E-state index contributed by atoms with van der Waals surface area (Å²) in [7, 11) is 0. The van der Waals surface area contributed by atoms with Crippen molar-refractivity contribution in [2.75, 3.05) is 0 Å². The molecule has 20 heavy (non-hydrogen) atoms. The highest BCUT2D eigenvalue weighted by molar-refractivity contribution is 5.87. The van der Waals surface area contributed by atoms with E-state index < -0.39 is 11.8 Å². The fourth-order valence-corrected chi connectivity index (χ4v) is 1.68. The number of rotatable bonds is 5. The second-order valence-corrected chi connectivity index (χ2v) is 4.21. The monoisotopic (exact) mass is 276 g/mol. The van der Waals surface area contributed by atoms with Gasteiger partial charge in [-0.2, -0.15) is 0 Å². The molecule has 0 fully saturated rings. The van der Waals surface area contributed by atoms with Crippen molar-refractivity contribution in [1.82, 2.24) is 0 Å². The molecule has 0 radical (unpaired) electrons.